The maximum absolute atomic E-state index is 13.2. The van der Waals surface area contributed by atoms with Crippen LogP contribution in [-0.4, -0.2) is 30.9 Å². The van der Waals surface area contributed by atoms with Gasteiger partial charge < -0.3 is 5.32 Å². The number of nitrogens with one attached hydrogen (secondary N) is 1. The SMILES string of the molecule is C=CCn1c(S[C@@H](C)C(=O)Nc2nccs2)nnc1-c1ccc(F)cc1. The highest BCUT2D eigenvalue weighted by atomic mass is 32.2. The van der Waals surface area contributed by atoms with E-state index in [-0.39, 0.29) is 11.7 Å². The van der Waals surface area contributed by atoms with Crippen LogP contribution in [0.25, 0.3) is 11.4 Å². The molecule has 26 heavy (non-hydrogen) atoms. The van der Waals surface area contributed by atoms with Crippen molar-refractivity contribution < 1.29 is 9.18 Å². The fourth-order valence-electron chi connectivity index (χ4n) is 2.19. The Hall–Kier alpha value is -2.52. The number of benzene rings is 1. The van der Waals surface area contributed by atoms with Gasteiger partial charge in [-0.15, -0.1) is 28.1 Å². The van der Waals surface area contributed by atoms with Gasteiger partial charge in [0.1, 0.15) is 5.82 Å². The zero-order valence-electron chi connectivity index (χ0n) is 13.9. The van der Waals surface area contributed by atoms with Gasteiger partial charge >= 0.3 is 0 Å². The van der Waals surface area contributed by atoms with Crippen molar-refractivity contribution in [2.24, 2.45) is 0 Å². The number of thiazole rings is 1. The van der Waals surface area contributed by atoms with Crippen molar-refractivity contribution >= 4 is 34.1 Å². The highest BCUT2D eigenvalue weighted by molar-refractivity contribution is 8.00. The zero-order chi connectivity index (χ0) is 18.5. The number of allylic oxidation sites excluding steroid dienone is 1. The van der Waals surface area contributed by atoms with E-state index in [9.17, 15) is 9.18 Å². The normalized spacial score (nSPS) is 11.9. The van der Waals surface area contributed by atoms with Crippen LogP contribution in [0.1, 0.15) is 6.92 Å². The number of anilines is 1. The van der Waals surface area contributed by atoms with Gasteiger partial charge in [0.05, 0.1) is 5.25 Å². The van der Waals surface area contributed by atoms with Gasteiger partial charge in [0.25, 0.3) is 0 Å². The standard InChI is InChI=1S/C17H16FN5OS2/c1-3-9-23-14(12-4-6-13(18)7-5-12)21-22-17(23)26-11(2)15(24)20-16-19-8-10-25-16/h3-8,10-11H,1,9H2,2H3,(H,19,20,24)/t11-/m0/s1. The number of carbonyl (C=O) groups is 1. The summed E-state index contributed by atoms with van der Waals surface area (Å²) in [6, 6.07) is 6.04. The maximum atomic E-state index is 13.2. The second-order valence-electron chi connectivity index (χ2n) is 5.30. The maximum Gasteiger partial charge on any atom is 0.239 e. The average Bonchev–Trinajstić information content (AvgIpc) is 3.27. The van der Waals surface area contributed by atoms with Crippen molar-refractivity contribution in [1.82, 2.24) is 19.7 Å². The minimum absolute atomic E-state index is 0.165. The highest BCUT2D eigenvalue weighted by Crippen LogP contribution is 2.27. The fraction of sp³-hybridized carbons (Fsp3) is 0.176. The topological polar surface area (TPSA) is 72.7 Å². The minimum Gasteiger partial charge on any atom is -0.301 e. The number of amides is 1. The molecule has 3 aromatic rings. The predicted octanol–water partition coefficient (Wildman–Crippen LogP) is 3.85. The number of hydrogen-bond acceptors (Lipinski definition) is 6. The summed E-state index contributed by atoms with van der Waals surface area (Å²) >= 11 is 2.65. The first kappa shape index (κ1) is 18.3. The van der Waals surface area contributed by atoms with Crippen molar-refractivity contribution in [2.75, 3.05) is 5.32 Å². The van der Waals surface area contributed by atoms with Crippen molar-refractivity contribution in [3.8, 4) is 11.4 Å². The molecule has 9 heteroatoms. The molecule has 2 aromatic heterocycles. The van der Waals surface area contributed by atoms with Crippen LogP contribution in [0.5, 0.6) is 0 Å². The molecule has 3 rings (SSSR count). The van der Waals surface area contributed by atoms with Crippen LogP contribution in [0, 0.1) is 5.82 Å². The molecule has 0 fully saturated rings. The van der Waals surface area contributed by atoms with Gasteiger partial charge in [0.15, 0.2) is 16.1 Å². The molecule has 0 saturated heterocycles. The first-order valence-electron chi connectivity index (χ1n) is 7.75. The molecule has 0 aliphatic rings. The third-order valence-corrected chi connectivity index (χ3v) is 5.21. The van der Waals surface area contributed by atoms with E-state index < -0.39 is 5.25 Å². The molecule has 1 atom stereocenters. The van der Waals surface area contributed by atoms with Gasteiger partial charge in [-0.3, -0.25) is 9.36 Å². The van der Waals surface area contributed by atoms with E-state index >= 15 is 0 Å². The molecule has 0 aliphatic carbocycles. The number of thioether (sulfide) groups is 1. The van der Waals surface area contributed by atoms with Gasteiger partial charge in [-0.1, -0.05) is 17.8 Å². The molecule has 0 unspecified atom stereocenters. The van der Waals surface area contributed by atoms with E-state index in [1.165, 1.54) is 35.2 Å². The minimum atomic E-state index is -0.396. The van der Waals surface area contributed by atoms with E-state index in [1.54, 1.807) is 36.7 Å². The lowest BCUT2D eigenvalue weighted by atomic mass is 10.2. The zero-order valence-corrected chi connectivity index (χ0v) is 15.6. The third-order valence-electron chi connectivity index (χ3n) is 3.44. The van der Waals surface area contributed by atoms with Gasteiger partial charge in [-0.05, 0) is 31.2 Å². The van der Waals surface area contributed by atoms with Gasteiger partial charge in [-0.25, -0.2) is 9.37 Å². The van der Waals surface area contributed by atoms with Crippen LogP contribution in [-0.2, 0) is 11.3 Å². The third kappa shape index (κ3) is 4.17. The van der Waals surface area contributed by atoms with Crippen LogP contribution >= 0.6 is 23.1 Å². The number of carbonyl (C=O) groups excluding carboxylic acids is 1. The van der Waals surface area contributed by atoms with Crippen LogP contribution in [0.4, 0.5) is 9.52 Å². The summed E-state index contributed by atoms with van der Waals surface area (Å²) in [5.74, 6) is 0.118. The van der Waals surface area contributed by atoms with Gasteiger partial charge in [0, 0.05) is 23.7 Å². The van der Waals surface area contributed by atoms with Crippen LogP contribution in [0.15, 0.2) is 53.7 Å². The first-order chi connectivity index (χ1) is 12.6. The summed E-state index contributed by atoms with van der Waals surface area (Å²) in [5, 5.41) is 13.7. The Balaban J connectivity index is 1.79. The van der Waals surface area contributed by atoms with E-state index in [4.69, 9.17) is 0 Å². The molecular formula is C17H16FN5OS2. The lowest BCUT2D eigenvalue weighted by molar-refractivity contribution is -0.115. The molecule has 134 valence electrons. The first-order valence-corrected chi connectivity index (χ1v) is 9.51. The summed E-state index contributed by atoms with van der Waals surface area (Å²) < 4.78 is 15.0. The molecule has 1 N–H and O–H groups in total. The monoisotopic (exact) mass is 389 g/mol. The van der Waals surface area contributed by atoms with Crippen molar-refractivity contribution in [1.29, 1.82) is 0 Å². The Labute approximate surface area is 158 Å². The molecular weight excluding hydrogens is 373 g/mol. The second-order valence-corrected chi connectivity index (χ2v) is 7.50. The number of aromatic nitrogens is 4. The number of rotatable bonds is 7. The smallest absolute Gasteiger partial charge is 0.239 e. The molecule has 0 radical (unpaired) electrons. The van der Waals surface area contributed by atoms with E-state index in [1.807, 2.05) is 4.57 Å². The largest absolute Gasteiger partial charge is 0.301 e. The van der Waals surface area contributed by atoms with Crippen molar-refractivity contribution in [3.63, 3.8) is 0 Å². The van der Waals surface area contributed by atoms with Gasteiger partial charge in [0.2, 0.25) is 5.91 Å². The summed E-state index contributed by atoms with van der Waals surface area (Å²) in [6.45, 7) is 6.02. The summed E-state index contributed by atoms with van der Waals surface area (Å²) in [6.07, 6.45) is 3.36. The number of hydrogen-bond donors (Lipinski definition) is 1. The quantitative estimate of drug-likeness (QED) is 0.491. The lowest BCUT2D eigenvalue weighted by Gasteiger charge is -2.12. The molecule has 0 spiro atoms. The molecule has 0 bridgehead atoms. The Bertz CT molecular complexity index is 893. The lowest BCUT2D eigenvalue weighted by Crippen LogP contribution is -2.22. The molecule has 1 amide bonds. The Morgan fingerprint density at radius 1 is 1.42 bits per heavy atom. The summed E-state index contributed by atoms with van der Waals surface area (Å²) in [5.41, 5.74) is 0.743. The molecule has 0 saturated carbocycles. The van der Waals surface area contributed by atoms with Crippen molar-refractivity contribution in [2.45, 2.75) is 23.9 Å². The van der Waals surface area contributed by atoms with Crippen LogP contribution in [0.3, 0.4) is 0 Å². The number of nitrogens with zero attached hydrogens (tertiary/aromatic N) is 4. The molecule has 1 aromatic carbocycles. The summed E-state index contributed by atoms with van der Waals surface area (Å²) in [7, 11) is 0. The van der Waals surface area contributed by atoms with Gasteiger partial charge in [-0.2, -0.15) is 0 Å². The summed E-state index contributed by atoms with van der Waals surface area (Å²) in [4.78, 5) is 16.4. The van der Waals surface area contributed by atoms with E-state index in [2.05, 4.69) is 27.1 Å². The van der Waals surface area contributed by atoms with Crippen LogP contribution < -0.4 is 5.32 Å². The highest BCUT2D eigenvalue weighted by Gasteiger charge is 2.21. The Kier molecular flexibility index (Phi) is 5.79. The average molecular weight is 389 g/mol. The Morgan fingerprint density at radius 2 is 2.19 bits per heavy atom. The fourth-order valence-corrected chi connectivity index (χ4v) is 3.58. The molecule has 0 aliphatic heterocycles. The predicted molar refractivity (Wildman–Crippen MR) is 102 cm³/mol. The van der Waals surface area contributed by atoms with E-state index in [0.29, 0.717) is 22.7 Å². The van der Waals surface area contributed by atoms with Crippen LogP contribution in [0.2, 0.25) is 0 Å². The number of halogens is 1. The van der Waals surface area contributed by atoms with Crippen molar-refractivity contribution in [3.05, 3.63) is 54.3 Å². The second kappa shape index (κ2) is 8.24. The molecule has 2 heterocycles. The van der Waals surface area contributed by atoms with E-state index in [0.717, 1.165) is 5.56 Å². The Morgan fingerprint density at radius 3 is 2.85 bits per heavy atom. The molecule has 6 nitrogen and oxygen atoms in total.